The number of hydrogen-bond acceptors (Lipinski definition) is 4. The Kier molecular flexibility index (Phi) is 6.12. The number of hydrogen-bond donors (Lipinski definition) is 2. The molecule has 1 amide bonds. The number of esters is 1. The molecule has 1 aliphatic heterocycles. The molecule has 0 saturated carbocycles. The van der Waals surface area contributed by atoms with Gasteiger partial charge in [0, 0.05) is 6.54 Å². The van der Waals surface area contributed by atoms with Crippen LogP contribution in [0.15, 0.2) is 0 Å². The Morgan fingerprint density at radius 3 is 2.56 bits per heavy atom. The van der Waals surface area contributed by atoms with E-state index < -0.39 is 0 Å². The highest BCUT2D eigenvalue weighted by Gasteiger charge is 2.38. The fourth-order valence-corrected chi connectivity index (χ4v) is 2.54. The van der Waals surface area contributed by atoms with E-state index in [9.17, 15) is 9.59 Å². The fraction of sp³-hybridized carbons (Fsp3) is 0.846. The van der Waals surface area contributed by atoms with E-state index in [0.717, 1.165) is 38.8 Å². The summed E-state index contributed by atoms with van der Waals surface area (Å²) in [7, 11) is 1.36. The highest BCUT2D eigenvalue weighted by Crippen LogP contribution is 2.34. The molecule has 5 heteroatoms. The van der Waals surface area contributed by atoms with Crippen LogP contribution in [0.25, 0.3) is 0 Å². The van der Waals surface area contributed by atoms with Gasteiger partial charge in [-0.15, -0.1) is 0 Å². The Morgan fingerprint density at radius 1 is 1.33 bits per heavy atom. The molecule has 1 heterocycles. The first kappa shape index (κ1) is 15.0. The highest BCUT2D eigenvalue weighted by molar-refractivity contribution is 5.83. The summed E-state index contributed by atoms with van der Waals surface area (Å²) in [5.41, 5.74) is -0.240. The van der Waals surface area contributed by atoms with Crippen LogP contribution in [0.1, 0.15) is 39.0 Å². The third kappa shape index (κ3) is 3.98. The molecule has 18 heavy (non-hydrogen) atoms. The van der Waals surface area contributed by atoms with Gasteiger partial charge in [-0.05, 0) is 32.4 Å². The van der Waals surface area contributed by atoms with Crippen molar-refractivity contribution >= 4 is 11.9 Å². The molecule has 104 valence electrons. The van der Waals surface area contributed by atoms with Crippen molar-refractivity contribution in [3.63, 3.8) is 0 Å². The van der Waals surface area contributed by atoms with E-state index in [4.69, 9.17) is 0 Å². The minimum absolute atomic E-state index is 0.0924. The molecule has 2 N–H and O–H groups in total. The van der Waals surface area contributed by atoms with Gasteiger partial charge in [0.2, 0.25) is 5.91 Å². The largest absolute Gasteiger partial charge is 0.469 e. The second-order valence-corrected chi connectivity index (χ2v) is 4.86. The Hall–Kier alpha value is -1.10. The minimum Gasteiger partial charge on any atom is -0.469 e. The summed E-state index contributed by atoms with van der Waals surface area (Å²) in [5, 5.41) is 6.16. The first-order valence-electron chi connectivity index (χ1n) is 6.70. The maximum atomic E-state index is 12.3. The van der Waals surface area contributed by atoms with Crippen LogP contribution >= 0.6 is 0 Å². The molecule has 1 saturated heterocycles. The van der Waals surface area contributed by atoms with Crippen molar-refractivity contribution < 1.29 is 14.3 Å². The standard InChI is InChI=1S/C13H24N2O3/c1-3-5-13(6-9-14-10-7-13)12(17)15-8-4-11(16)18-2/h14H,3-10H2,1-2H3,(H,15,17). The zero-order valence-corrected chi connectivity index (χ0v) is 11.4. The molecule has 0 unspecified atom stereocenters. The van der Waals surface area contributed by atoms with Gasteiger partial charge in [-0.1, -0.05) is 13.3 Å². The van der Waals surface area contributed by atoms with E-state index in [-0.39, 0.29) is 23.7 Å². The quantitative estimate of drug-likeness (QED) is 0.691. The van der Waals surface area contributed by atoms with E-state index in [2.05, 4.69) is 22.3 Å². The van der Waals surface area contributed by atoms with Gasteiger partial charge in [-0.3, -0.25) is 9.59 Å². The molecule has 0 aliphatic carbocycles. The normalized spacial score (nSPS) is 18.1. The zero-order valence-electron chi connectivity index (χ0n) is 11.4. The van der Waals surface area contributed by atoms with Crippen molar-refractivity contribution in [3.8, 4) is 0 Å². The fourth-order valence-electron chi connectivity index (χ4n) is 2.54. The first-order valence-corrected chi connectivity index (χ1v) is 6.70. The van der Waals surface area contributed by atoms with E-state index in [1.54, 1.807) is 0 Å². The number of ether oxygens (including phenoxy) is 1. The van der Waals surface area contributed by atoms with Crippen molar-refractivity contribution in [1.82, 2.24) is 10.6 Å². The van der Waals surface area contributed by atoms with Gasteiger partial charge in [0.25, 0.3) is 0 Å². The summed E-state index contributed by atoms with van der Waals surface area (Å²) in [4.78, 5) is 23.3. The number of piperidine rings is 1. The molecule has 0 spiro atoms. The average Bonchev–Trinajstić information content (AvgIpc) is 2.39. The Balaban J connectivity index is 2.46. The smallest absolute Gasteiger partial charge is 0.307 e. The average molecular weight is 256 g/mol. The van der Waals surface area contributed by atoms with Crippen LogP contribution in [-0.4, -0.2) is 38.6 Å². The number of rotatable bonds is 6. The maximum Gasteiger partial charge on any atom is 0.307 e. The number of carbonyl (C=O) groups is 2. The molecule has 1 aliphatic rings. The molecular weight excluding hydrogens is 232 g/mol. The molecule has 5 nitrogen and oxygen atoms in total. The number of carbonyl (C=O) groups excluding carboxylic acids is 2. The molecule has 0 bridgehead atoms. The highest BCUT2D eigenvalue weighted by atomic mass is 16.5. The van der Waals surface area contributed by atoms with Gasteiger partial charge in [-0.25, -0.2) is 0 Å². The molecular formula is C13H24N2O3. The monoisotopic (exact) mass is 256 g/mol. The lowest BCUT2D eigenvalue weighted by molar-refractivity contribution is -0.140. The van der Waals surface area contributed by atoms with E-state index >= 15 is 0 Å². The Labute approximate surface area is 109 Å². The summed E-state index contributed by atoms with van der Waals surface area (Å²) in [6.45, 7) is 4.25. The van der Waals surface area contributed by atoms with Crippen molar-refractivity contribution in [2.24, 2.45) is 5.41 Å². The zero-order chi connectivity index (χ0) is 13.4. The molecule has 0 atom stereocenters. The lowest BCUT2D eigenvalue weighted by Gasteiger charge is -2.36. The summed E-state index contributed by atoms with van der Waals surface area (Å²) in [6, 6.07) is 0. The number of nitrogens with one attached hydrogen (secondary N) is 2. The minimum atomic E-state index is -0.287. The number of methoxy groups -OCH3 is 1. The lowest BCUT2D eigenvalue weighted by Crippen LogP contribution is -2.48. The molecule has 0 radical (unpaired) electrons. The van der Waals surface area contributed by atoms with Gasteiger partial charge in [0.1, 0.15) is 0 Å². The molecule has 0 aromatic heterocycles. The van der Waals surface area contributed by atoms with Gasteiger partial charge in [0.15, 0.2) is 0 Å². The molecule has 0 aromatic carbocycles. The number of amides is 1. The topological polar surface area (TPSA) is 67.4 Å². The third-order valence-corrected chi connectivity index (χ3v) is 3.61. The van der Waals surface area contributed by atoms with Crippen LogP contribution in [0.3, 0.4) is 0 Å². The SMILES string of the molecule is CCCC1(C(=O)NCCC(=O)OC)CCNCC1. The third-order valence-electron chi connectivity index (χ3n) is 3.61. The van der Waals surface area contributed by atoms with Crippen LogP contribution < -0.4 is 10.6 Å². The van der Waals surface area contributed by atoms with Crippen molar-refractivity contribution in [2.45, 2.75) is 39.0 Å². The maximum absolute atomic E-state index is 12.3. The predicted octanol–water partition coefficient (Wildman–Crippen LogP) is 0.836. The van der Waals surface area contributed by atoms with E-state index in [1.807, 2.05) is 0 Å². The Morgan fingerprint density at radius 2 is 2.00 bits per heavy atom. The van der Waals surface area contributed by atoms with Crippen LogP contribution in [0.4, 0.5) is 0 Å². The van der Waals surface area contributed by atoms with E-state index in [1.165, 1.54) is 7.11 Å². The predicted molar refractivity (Wildman–Crippen MR) is 69.1 cm³/mol. The van der Waals surface area contributed by atoms with E-state index in [0.29, 0.717) is 6.54 Å². The summed E-state index contributed by atoms with van der Waals surface area (Å²) in [6.07, 6.45) is 3.92. The van der Waals surface area contributed by atoms with Gasteiger partial charge >= 0.3 is 5.97 Å². The van der Waals surface area contributed by atoms with Gasteiger partial charge in [-0.2, -0.15) is 0 Å². The van der Waals surface area contributed by atoms with Crippen LogP contribution in [0.5, 0.6) is 0 Å². The van der Waals surface area contributed by atoms with Crippen LogP contribution in [-0.2, 0) is 14.3 Å². The Bertz CT molecular complexity index is 280. The van der Waals surface area contributed by atoms with Crippen molar-refractivity contribution in [1.29, 1.82) is 0 Å². The van der Waals surface area contributed by atoms with Gasteiger partial charge in [0.05, 0.1) is 18.9 Å². The lowest BCUT2D eigenvalue weighted by atomic mass is 9.74. The van der Waals surface area contributed by atoms with Gasteiger partial charge < -0.3 is 15.4 Å². The summed E-state index contributed by atoms with van der Waals surface area (Å²) >= 11 is 0. The first-order chi connectivity index (χ1) is 8.64. The van der Waals surface area contributed by atoms with Crippen LogP contribution in [0.2, 0.25) is 0 Å². The second kappa shape index (κ2) is 7.36. The summed E-state index contributed by atoms with van der Waals surface area (Å²) in [5.74, 6) is -0.195. The second-order valence-electron chi connectivity index (χ2n) is 4.86. The van der Waals surface area contributed by atoms with Crippen molar-refractivity contribution in [2.75, 3.05) is 26.7 Å². The molecule has 0 aromatic rings. The van der Waals surface area contributed by atoms with Crippen LogP contribution in [0, 0.1) is 5.41 Å². The summed E-state index contributed by atoms with van der Waals surface area (Å²) < 4.78 is 4.55. The molecule has 1 rings (SSSR count). The van der Waals surface area contributed by atoms with Crippen molar-refractivity contribution in [3.05, 3.63) is 0 Å². The molecule has 1 fully saturated rings.